The number of imidazole rings is 1. The fraction of sp³-hybridized carbons (Fsp3) is 0.294. The maximum Gasteiger partial charge on any atom is 0.434 e. The van der Waals surface area contributed by atoms with Crippen molar-refractivity contribution in [3.05, 3.63) is 47.2 Å². The van der Waals surface area contributed by atoms with Crippen LogP contribution in [0.1, 0.15) is 29.7 Å². The van der Waals surface area contributed by atoms with E-state index in [0.29, 0.717) is 6.20 Å². The fourth-order valence-corrected chi connectivity index (χ4v) is 2.82. The molecule has 11 heteroatoms. The largest absolute Gasteiger partial charge is 0.434 e. The van der Waals surface area contributed by atoms with Gasteiger partial charge in [-0.05, 0) is 31.5 Å². The zero-order valence-electron chi connectivity index (χ0n) is 14.5. The molecule has 3 rings (SSSR count). The molecule has 4 nitrogen and oxygen atoms in total. The molecule has 0 amide bonds. The highest BCUT2D eigenvalue weighted by atomic mass is 19.4. The van der Waals surface area contributed by atoms with E-state index in [4.69, 9.17) is 5.73 Å². The Bertz CT molecular complexity index is 1050. The topological polar surface area (TPSA) is 56.2 Å². The van der Waals surface area contributed by atoms with Crippen LogP contribution in [0.25, 0.3) is 16.9 Å². The maximum atomic E-state index is 14.2. The number of aryl methyl sites for hydroxylation is 1. The standard InChI is InChI=1S/C17H13F7N4/c1-7-3-11(18)10(8(2)16(19,20)21)4-9(7)12-5-26-15-14(25)27-13(6-28(12)15)17(22,23)24/h3-6,8H,1-2H3,(H2,25,27). The van der Waals surface area contributed by atoms with E-state index in [2.05, 4.69) is 9.97 Å². The van der Waals surface area contributed by atoms with Crippen molar-refractivity contribution < 1.29 is 30.7 Å². The van der Waals surface area contributed by atoms with Gasteiger partial charge in [-0.15, -0.1) is 0 Å². The molecule has 0 bridgehead atoms. The second-order valence-electron chi connectivity index (χ2n) is 6.30. The summed E-state index contributed by atoms with van der Waals surface area (Å²) in [6.45, 7) is 2.23. The highest BCUT2D eigenvalue weighted by molar-refractivity contribution is 5.72. The van der Waals surface area contributed by atoms with Gasteiger partial charge in [0.25, 0.3) is 0 Å². The number of hydrogen-bond acceptors (Lipinski definition) is 3. The van der Waals surface area contributed by atoms with Crippen LogP contribution in [0.4, 0.5) is 36.6 Å². The number of nitrogen functional groups attached to an aromatic ring is 1. The molecule has 2 N–H and O–H groups in total. The van der Waals surface area contributed by atoms with E-state index in [-0.39, 0.29) is 22.5 Å². The molecular formula is C17H13F7N4. The third-order valence-electron chi connectivity index (χ3n) is 4.39. The van der Waals surface area contributed by atoms with Crippen molar-refractivity contribution in [3.63, 3.8) is 0 Å². The highest BCUT2D eigenvalue weighted by Crippen LogP contribution is 2.39. The van der Waals surface area contributed by atoms with Crippen LogP contribution in [0.3, 0.4) is 0 Å². The van der Waals surface area contributed by atoms with Crippen molar-refractivity contribution in [2.45, 2.75) is 32.1 Å². The van der Waals surface area contributed by atoms with E-state index in [1.807, 2.05) is 0 Å². The first kappa shape index (κ1) is 19.9. The monoisotopic (exact) mass is 406 g/mol. The van der Waals surface area contributed by atoms with E-state index in [1.54, 1.807) is 0 Å². The Kier molecular flexibility index (Phi) is 4.51. The van der Waals surface area contributed by atoms with Gasteiger partial charge in [-0.2, -0.15) is 26.3 Å². The first-order valence-electron chi connectivity index (χ1n) is 7.88. The average molecular weight is 406 g/mol. The van der Waals surface area contributed by atoms with Crippen LogP contribution in [0.2, 0.25) is 0 Å². The first-order chi connectivity index (χ1) is 12.8. The summed E-state index contributed by atoms with van der Waals surface area (Å²) >= 11 is 0. The summed E-state index contributed by atoms with van der Waals surface area (Å²) in [7, 11) is 0. The summed E-state index contributed by atoms with van der Waals surface area (Å²) in [5, 5.41) is 0. The van der Waals surface area contributed by atoms with Crippen LogP contribution in [-0.2, 0) is 6.18 Å². The number of nitrogens with two attached hydrogens (primary N) is 1. The molecular weight excluding hydrogens is 393 g/mol. The number of benzene rings is 1. The molecule has 1 atom stereocenters. The van der Waals surface area contributed by atoms with Gasteiger partial charge in [-0.25, -0.2) is 14.4 Å². The average Bonchev–Trinajstić information content (AvgIpc) is 2.97. The summed E-state index contributed by atoms with van der Waals surface area (Å²) in [4.78, 5) is 7.15. The molecule has 3 aromatic rings. The van der Waals surface area contributed by atoms with Gasteiger partial charge in [0.1, 0.15) is 5.82 Å². The zero-order valence-corrected chi connectivity index (χ0v) is 14.5. The van der Waals surface area contributed by atoms with E-state index >= 15 is 0 Å². The van der Waals surface area contributed by atoms with Crippen LogP contribution in [0, 0.1) is 12.7 Å². The zero-order chi connectivity index (χ0) is 21.0. The quantitative estimate of drug-likeness (QED) is 0.602. The van der Waals surface area contributed by atoms with Crippen LogP contribution in [0.15, 0.2) is 24.5 Å². The third-order valence-corrected chi connectivity index (χ3v) is 4.39. The first-order valence-corrected chi connectivity index (χ1v) is 7.88. The Hall–Kier alpha value is -2.85. The molecule has 0 spiro atoms. The van der Waals surface area contributed by atoms with Crippen molar-refractivity contribution in [3.8, 4) is 11.3 Å². The van der Waals surface area contributed by atoms with Crippen molar-refractivity contribution in [1.29, 1.82) is 0 Å². The molecule has 28 heavy (non-hydrogen) atoms. The molecule has 0 saturated heterocycles. The van der Waals surface area contributed by atoms with Gasteiger partial charge < -0.3 is 5.73 Å². The van der Waals surface area contributed by atoms with Crippen LogP contribution < -0.4 is 5.73 Å². The minimum atomic E-state index is -4.79. The SMILES string of the molecule is Cc1cc(F)c(C(C)C(F)(F)F)cc1-c1cnc2c(N)nc(C(F)(F)F)cn12. The number of alkyl halides is 6. The van der Waals surface area contributed by atoms with Gasteiger partial charge in [-0.3, -0.25) is 4.40 Å². The molecule has 1 aromatic carbocycles. The lowest BCUT2D eigenvalue weighted by Gasteiger charge is -2.19. The molecule has 2 heterocycles. The summed E-state index contributed by atoms with van der Waals surface area (Å²) < 4.78 is 93.4. The minimum absolute atomic E-state index is 0.0303. The lowest BCUT2D eigenvalue weighted by atomic mass is 9.94. The van der Waals surface area contributed by atoms with Crippen molar-refractivity contribution >= 4 is 11.5 Å². The highest BCUT2D eigenvalue weighted by Gasteiger charge is 2.39. The summed E-state index contributed by atoms with van der Waals surface area (Å²) in [5.41, 5.74) is 3.87. The Morgan fingerprint density at radius 2 is 1.75 bits per heavy atom. The van der Waals surface area contributed by atoms with Gasteiger partial charge in [0.2, 0.25) is 0 Å². The number of fused-ring (bicyclic) bond motifs is 1. The Morgan fingerprint density at radius 1 is 1.11 bits per heavy atom. The lowest BCUT2D eigenvalue weighted by Crippen LogP contribution is -2.19. The van der Waals surface area contributed by atoms with Crippen molar-refractivity contribution in [1.82, 2.24) is 14.4 Å². The minimum Gasteiger partial charge on any atom is -0.381 e. The van der Waals surface area contributed by atoms with Crippen LogP contribution in [-0.4, -0.2) is 20.5 Å². The summed E-state index contributed by atoms with van der Waals surface area (Å²) in [6, 6.07) is 1.87. The lowest BCUT2D eigenvalue weighted by molar-refractivity contribution is -0.147. The summed E-state index contributed by atoms with van der Waals surface area (Å²) in [5.74, 6) is -3.66. The summed E-state index contributed by atoms with van der Waals surface area (Å²) in [6.07, 6.45) is -7.69. The fourth-order valence-electron chi connectivity index (χ4n) is 2.82. The Morgan fingerprint density at radius 3 is 2.32 bits per heavy atom. The van der Waals surface area contributed by atoms with Crippen LogP contribution in [0.5, 0.6) is 0 Å². The second-order valence-corrected chi connectivity index (χ2v) is 6.30. The van der Waals surface area contributed by atoms with Gasteiger partial charge in [0.05, 0.1) is 17.8 Å². The maximum absolute atomic E-state index is 14.2. The van der Waals surface area contributed by atoms with E-state index in [0.717, 1.165) is 29.7 Å². The second kappa shape index (κ2) is 6.35. The number of nitrogens with zero attached hydrogens (tertiary/aromatic N) is 3. The number of rotatable bonds is 2. The molecule has 0 aliphatic carbocycles. The number of aromatic nitrogens is 3. The predicted octanol–water partition coefficient (Wildman–Crippen LogP) is 5.11. The molecule has 2 aromatic heterocycles. The van der Waals surface area contributed by atoms with Gasteiger partial charge in [-0.1, -0.05) is 0 Å². The predicted molar refractivity (Wildman–Crippen MR) is 87.0 cm³/mol. The van der Waals surface area contributed by atoms with Gasteiger partial charge in [0, 0.05) is 17.3 Å². The number of anilines is 1. The Labute approximate surface area is 153 Å². The molecule has 0 saturated carbocycles. The molecule has 0 fully saturated rings. The molecule has 0 aliphatic rings. The normalized spacial score (nSPS) is 13.9. The smallest absolute Gasteiger partial charge is 0.381 e. The molecule has 0 aliphatic heterocycles. The van der Waals surface area contributed by atoms with Crippen molar-refractivity contribution in [2.75, 3.05) is 5.73 Å². The Balaban J connectivity index is 2.27. The van der Waals surface area contributed by atoms with Crippen molar-refractivity contribution in [2.24, 2.45) is 0 Å². The van der Waals surface area contributed by atoms with E-state index in [1.165, 1.54) is 6.92 Å². The third kappa shape index (κ3) is 3.36. The molecule has 150 valence electrons. The van der Waals surface area contributed by atoms with Crippen LogP contribution >= 0.6 is 0 Å². The van der Waals surface area contributed by atoms with E-state index < -0.39 is 41.2 Å². The van der Waals surface area contributed by atoms with E-state index in [9.17, 15) is 30.7 Å². The van der Waals surface area contributed by atoms with Gasteiger partial charge in [0.15, 0.2) is 17.2 Å². The van der Waals surface area contributed by atoms with Gasteiger partial charge >= 0.3 is 12.4 Å². The molecule has 1 unspecified atom stereocenters. The number of halogens is 7. The number of hydrogen-bond donors (Lipinski definition) is 1. The molecule has 0 radical (unpaired) electrons.